The number of amides is 1. The van der Waals surface area contributed by atoms with Gasteiger partial charge in [-0.25, -0.2) is 0 Å². The quantitative estimate of drug-likeness (QED) is 0.666. The van der Waals surface area contributed by atoms with Gasteiger partial charge in [-0.05, 0) is 6.42 Å². The molecule has 6 heteroatoms. The summed E-state index contributed by atoms with van der Waals surface area (Å²) >= 11 is 1.92. The second-order valence-electron chi connectivity index (χ2n) is 4.25. The lowest BCUT2D eigenvalue weighted by Gasteiger charge is -2.22. The van der Waals surface area contributed by atoms with Crippen LogP contribution in [0.3, 0.4) is 0 Å². The molecule has 1 rings (SSSR count). The lowest BCUT2D eigenvalue weighted by atomic mass is 10.2. The third-order valence-electron chi connectivity index (χ3n) is 2.64. The van der Waals surface area contributed by atoms with Gasteiger partial charge in [0.25, 0.3) is 0 Å². The summed E-state index contributed by atoms with van der Waals surface area (Å²) in [7, 11) is 0. The number of hydrogen-bond donors (Lipinski definition) is 2. The van der Waals surface area contributed by atoms with E-state index in [9.17, 15) is 4.79 Å². The van der Waals surface area contributed by atoms with E-state index in [4.69, 9.17) is 4.74 Å². The molecular weight excluding hydrogens is 272 g/mol. The first-order valence-electron chi connectivity index (χ1n) is 6.48. The molecule has 0 bridgehead atoms. The standard InChI is InChI=1S/C12H24N2O2S.ClH/c1-2-3-6-16-7-4-14-12(15)9-11-10-17-8-5-13-11;/h11,13H,2-10H2,1H3,(H,14,15);1H. The average molecular weight is 297 g/mol. The van der Waals surface area contributed by atoms with E-state index in [-0.39, 0.29) is 18.3 Å². The van der Waals surface area contributed by atoms with Crippen LogP contribution in [0.15, 0.2) is 0 Å². The molecule has 1 amide bonds. The van der Waals surface area contributed by atoms with Gasteiger partial charge in [0.2, 0.25) is 5.91 Å². The van der Waals surface area contributed by atoms with Crippen LogP contribution in [0.5, 0.6) is 0 Å². The Kier molecular flexibility index (Phi) is 12.1. The van der Waals surface area contributed by atoms with E-state index in [1.54, 1.807) is 0 Å². The normalized spacial score (nSPS) is 19.1. The molecule has 0 spiro atoms. The molecule has 0 aromatic carbocycles. The Balaban J connectivity index is 0.00000289. The summed E-state index contributed by atoms with van der Waals surface area (Å²) in [6.07, 6.45) is 2.83. The highest BCUT2D eigenvalue weighted by Gasteiger charge is 2.15. The molecule has 1 heterocycles. The Morgan fingerprint density at radius 3 is 3.00 bits per heavy atom. The van der Waals surface area contributed by atoms with Crippen molar-refractivity contribution in [2.24, 2.45) is 0 Å². The maximum atomic E-state index is 11.6. The topological polar surface area (TPSA) is 50.4 Å². The molecule has 4 nitrogen and oxygen atoms in total. The molecular formula is C12H25ClN2O2S. The van der Waals surface area contributed by atoms with Gasteiger partial charge in [-0.15, -0.1) is 12.4 Å². The fraction of sp³-hybridized carbons (Fsp3) is 0.917. The summed E-state index contributed by atoms with van der Waals surface area (Å²) in [4.78, 5) is 11.6. The van der Waals surface area contributed by atoms with Gasteiger partial charge >= 0.3 is 0 Å². The van der Waals surface area contributed by atoms with E-state index in [0.717, 1.165) is 37.5 Å². The van der Waals surface area contributed by atoms with Crippen molar-refractivity contribution in [2.45, 2.75) is 32.2 Å². The molecule has 1 aliphatic rings. The molecule has 1 aliphatic heterocycles. The van der Waals surface area contributed by atoms with E-state index >= 15 is 0 Å². The number of ether oxygens (including phenoxy) is 1. The van der Waals surface area contributed by atoms with Gasteiger partial charge in [-0.3, -0.25) is 4.79 Å². The average Bonchev–Trinajstić information content (AvgIpc) is 2.35. The molecule has 1 fully saturated rings. The number of unbranched alkanes of at least 4 members (excludes halogenated alkanes) is 1. The first-order chi connectivity index (χ1) is 8.33. The minimum atomic E-state index is 0. The lowest BCUT2D eigenvalue weighted by molar-refractivity contribution is -0.121. The summed E-state index contributed by atoms with van der Waals surface area (Å²) < 4.78 is 5.38. The minimum Gasteiger partial charge on any atom is -0.380 e. The van der Waals surface area contributed by atoms with Crippen molar-refractivity contribution in [3.05, 3.63) is 0 Å². The molecule has 0 aromatic rings. The minimum absolute atomic E-state index is 0. The van der Waals surface area contributed by atoms with E-state index in [2.05, 4.69) is 17.6 Å². The van der Waals surface area contributed by atoms with Crippen molar-refractivity contribution in [1.29, 1.82) is 0 Å². The van der Waals surface area contributed by atoms with Gasteiger partial charge in [0.15, 0.2) is 0 Å². The Bertz CT molecular complexity index is 214. The Labute approximate surface area is 120 Å². The first-order valence-corrected chi connectivity index (χ1v) is 7.64. The summed E-state index contributed by atoms with van der Waals surface area (Å²) in [5.41, 5.74) is 0. The molecule has 0 radical (unpaired) electrons. The van der Waals surface area contributed by atoms with Gasteiger partial charge in [0.05, 0.1) is 6.61 Å². The highest BCUT2D eigenvalue weighted by Crippen LogP contribution is 2.09. The van der Waals surface area contributed by atoms with Crippen LogP contribution in [-0.4, -0.2) is 49.8 Å². The number of nitrogens with one attached hydrogen (secondary N) is 2. The van der Waals surface area contributed by atoms with E-state index in [0.29, 0.717) is 25.6 Å². The van der Waals surface area contributed by atoms with Crippen molar-refractivity contribution in [2.75, 3.05) is 37.8 Å². The van der Waals surface area contributed by atoms with E-state index in [1.807, 2.05) is 11.8 Å². The molecule has 18 heavy (non-hydrogen) atoms. The van der Waals surface area contributed by atoms with Gasteiger partial charge in [0, 0.05) is 43.7 Å². The highest BCUT2D eigenvalue weighted by atomic mass is 35.5. The molecule has 0 aromatic heterocycles. The lowest BCUT2D eigenvalue weighted by Crippen LogP contribution is -2.41. The van der Waals surface area contributed by atoms with Crippen LogP contribution in [0.25, 0.3) is 0 Å². The predicted molar refractivity (Wildman–Crippen MR) is 79.7 cm³/mol. The van der Waals surface area contributed by atoms with Crippen LogP contribution in [0.1, 0.15) is 26.2 Å². The number of carbonyl (C=O) groups excluding carboxylic acids is 1. The van der Waals surface area contributed by atoms with Crippen LogP contribution in [0.4, 0.5) is 0 Å². The zero-order chi connectivity index (χ0) is 12.3. The van der Waals surface area contributed by atoms with Gasteiger partial charge < -0.3 is 15.4 Å². The zero-order valence-corrected chi connectivity index (χ0v) is 12.7. The van der Waals surface area contributed by atoms with Crippen molar-refractivity contribution in [3.8, 4) is 0 Å². The first kappa shape index (κ1) is 18.0. The predicted octanol–water partition coefficient (Wildman–Crippen LogP) is 1.44. The van der Waals surface area contributed by atoms with Gasteiger partial charge in [0.1, 0.15) is 0 Å². The number of hydrogen-bond acceptors (Lipinski definition) is 4. The van der Waals surface area contributed by atoms with Gasteiger partial charge in [-0.1, -0.05) is 13.3 Å². The van der Waals surface area contributed by atoms with Crippen molar-refractivity contribution >= 4 is 30.1 Å². The summed E-state index contributed by atoms with van der Waals surface area (Å²) in [5, 5.41) is 6.25. The molecule has 2 N–H and O–H groups in total. The molecule has 0 aliphatic carbocycles. The van der Waals surface area contributed by atoms with E-state index < -0.39 is 0 Å². The fourth-order valence-corrected chi connectivity index (χ4v) is 2.61. The Morgan fingerprint density at radius 2 is 2.33 bits per heavy atom. The Hall–Kier alpha value is 0.0300. The second-order valence-corrected chi connectivity index (χ2v) is 5.40. The fourth-order valence-electron chi connectivity index (χ4n) is 1.66. The number of thioether (sulfide) groups is 1. The highest BCUT2D eigenvalue weighted by molar-refractivity contribution is 7.99. The third-order valence-corrected chi connectivity index (χ3v) is 3.77. The third kappa shape index (κ3) is 9.03. The largest absolute Gasteiger partial charge is 0.380 e. The molecule has 1 unspecified atom stereocenters. The van der Waals surface area contributed by atoms with Crippen molar-refractivity contribution in [1.82, 2.24) is 10.6 Å². The van der Waals surface area contributed by atoms with Crippen LogP contribution >= 0.6 is 24.2 Å². The van der Waals surface area contributed by atoms with Crippen LogP contribution < -0.4 is 10.6 Å². The second kappa shape index (κ2) is 12.1. The summed E-state index contributed by atoms with van der Waals surface area (Å²) in [6.45, 7) is 5.21. The smallest absolute Gasteiger partial charge is 0.221 e. The molecule has 0 saturated carbocycles. The zero-order valence-electron chi connectivity index (χ0n) is 11.1. The van der Waals surface area contributed by atoms with Crippen LogP contribution in [0.2, 0.25) is 0 Å². The molecule has 1 atom stereocenters. The van der Waals surface area contributed by atoms with Crippen LogP contribution in [0, 0.1) is 0 Å². The monoisotopic (exact) mass is 296 g/mol. The Morgan fingerprint density at radius 1 is 1.50 bits per heavy atom. The number of halogens is 1. The van der Waals surface area contributed by atoms with Crippen molar-refractivity contribution < 1.29 is 9.53 Å². The number of rotatable bonds is 8. The number of carbonyl (C=O) groups is 1. The molecule has 1 saturated heterocycles. The van der Waals surface area contributed by atoms with Crippen LogP contribution in [-0.2, 0) is 9.53 Å². The summed E-state index contributed by atoms with van der Waals surface area (Å²) in [5.74, 6) is 2.33. The van der Waals surface area contributed by atoms with Crippen molar-refractivity contribution in [3.63, 3.8) is 0 Å². The maximum Gasteiger partial charge on any atom is 0.221 e. The maximum absolute atomic E-state index is 11.6. The van der Waals surface area contributed by atoms with Gasteiger partial charge in [-0.2, -0.15) is 11.8 Å². The van der Waals surface area contributed by atoms with E-state index in [1.165, 1.54) is 0 Å². The molecule has 108 valence electrons. The summed E-state index contributed by atoms with van der Waals surface area (Å²) in [6, 6.07) is 0.342. The SMILES string of the molecule is CCCCOCCNC(=O)CC1CSCCN1.Cl.